The molecule has 1 atom stereocenters. The average molecular weight is 305 g/mol. The lowest BCUT2D eigenvalue weighted by molar-refractivity contribution is -0.385. The third-order valence-corrected chi connectivity index (χ3v) is 3.41. The standard InChI is InChI=1S/C14H11NO5S/c16-14(11-4-2-1-3-5-11)12-7-6-10(9-21(19)20)8-13(12)15(17)18/h1-8H,9H2,(H,19,20). The normalized spacial score (nSPS) is 11.9. The zero-order chi connectivity index (χ0) is 15.4. The number of nitro benzene ring substituents is 1. The highest BCUT2D eigenvalue weighted by molar-refractivity contribution is 7.78. The summed E-state index contributed by atoms with van der Waals surface area (Å²) >= 11 is -2.10. The van der Waals surface area contributed by atoms with E-state index in [1.54, 1.807) is 30.3 Å². The molecule has 0 saturated heterocycles. The molecule has 2 aromatic rings. The Morgan fingerprint density at radius 2 is 1.86 bits per heavy atom. The number of nitro groups is 1. The molecule has 0 fully saturated rings. The van der Waals surface area contributed by atoms with Crippen LogP contribution in [0.1, 0.15) is 21.5 Å². The second-order valence-electron chi connectivity index (χ2n) is 4.27. The topological polar surface area (TPSA) is 97.5 Å². The van der Waals surface area contributed by atoms with Crippen molar-refractivity contribution in [3.63, 3.8) is 0 Å². The summed E-state index contributed by atoms with van der Waals surface area (Å²) in [6.45, 7) is 0. The summed E-state index contributed by atoms with van der Waals surface area (Å²) < 4.78 is 19.6. The number of rotatable bonds is 5. The lowest BCUT2D eigenvalue weighted by Gasteiger charge is -2.05. The Hall–Kier alpha value is -2.38. The number of hydrogen-bond donors (Lipinski definition) is 1. The molecule has 0 aliphatic heterocycles. The number of carbonyl (C=O) groups is 1. The summed E-state index contributed by atoms with van der Waals surface area (Å²) in [6, 6.07) is 12.1. The van der Waals surface area contributed by atoms with Gasteiger partial charge in [-0.3, -0.25) is 14.9 Å². The smallest absolute Gasteiger partial charge is 0.280 e. The predicted molar refractivity (Wildman–Crippen MR) is 77.4 cm³/mol. The molecule has 0 aliphatic rings. The molecule has 2 aromatic carbocycles. The molecule has 1 N–H and O–H groups in total. The molecular weight excluding hydrogens is 294 g/mol. The van der Waals surface area contributed by atoms with Crippen LogP contribution >= 0.6 is 0 Å². The van der Waals surface area contributed by atoms with Crippen molar-refractivity contribution in [2.24, 2.45) is 0 Å². The highest BCUT2D eigenvalue weighted by atomic mass is 32.2. The van der Waals surface area contributed by atoms with Gasteiger partial charge in [0.05, 0.1) is 10.7 Å². The Bertz CT molecular complexity index is 715. The van der Waals surface area contributed by atoms with E-state index in [0.717, 1.165) is 6.07 Å². The van der Waals surface area contributed by atoms with Gasteiger partial charge in [0.2, 0.25) is 0 Å². The van der Waals surface area contributed by atoms with E-state index in [2.05, 4.69) is 0 Å². The van der Waals surface area contributed by atoms with Crippen LogP contribution in [0.2, 0.25) is 0 Å². The third kappa shape index (κ3) is 3.59. The first-order chi connectivity index (χ1) is 9.99. The number of carbonyl (C=O) groups excluding carboxylic acids is 1. The molecule has 0 radical (unpaired) electrons. The molecule has 0 aromatic heterocycles. The predicted octanol–water partition coefficient (Wildman–Crippen LogP) is 2.55. The van der Waals surface area contributed by atoms with E-state index in [4.69, 9.17) is 4.55 Å². The zero-order valence-corrected chi connectivity index (χ0v) is 11.6. The number of hydrogen-bond acceptors (Lipinski definition) is 4. The van der Waals surface area contributed by atoms with Crippen LogP contribution in [0.5, 0.6) is 0 Å². The van der Waals surface area contributed by atoms with Gasteiger partial charge in [0.25, 0.3) is 5.69 Å². The van der Waals surface area contributed by atoms with Crippen molar-refractivity contribution in [1.29, 1.82) is 0 Å². The Balaban J connectivity index is 2.46. The van der Waals surface area contributed by atoms with Crippen molar-refractivity contribution in [3.8, 4) is 0 Å². The van der Waals surface area contributed by atoms with Crippen LogP contribution < -0.4 is 0 Å². The van der Waals surface area contributed by atoms with E-state index in [1.807, 2.05) is 0 Å². The molecule has 0 spiro atoms. The molecule has 21 heavy (non-hydrogen) atoms. The van der Waals surface area contributed by atoms with E-state index in [9.17, 15) is 19.1 Å². The monoisotopic (exact) mass is 305 g/mol. The largest absolute Gasteiger partial charge is 0.306 e. The maximum atomic E-state index is 12.3. The van der Waals surface area contributed by atoms with Crippen molar-refractivity contribution in [2.45, 2.75) is 5.75 Å². The zero-order valence-electron chi connectivity index (χ0n) is 10.8. The Morgan fingerprint density at radius 1 is 1.19 bits per heavy atom. The fourth-order valence-electron chi connectivity index (χ4n) is 1.90. The minimum Gasteiger partial charge on any atom is -0.306 e. The van der Waals surface area contributed by atoms with Crippen LogP contribution in [0.25, 0.3) is 0 Å². The van der Waals surface area contributed by atoms with E-state index in [-0.39, 0.29) is 17.0 Å². The summed E-state index contributed by atoms with van der Waals surface area (Å²) in [5, 5.41) is 11.1. The Kier molecular flexibility index (Phi) is 4.56. The van der Waals surface area contributed by atoms with Crippen LogP contribution in [0, 0.1) is 10.1 Å². The Labute approximate surface area is 122 Å². The second-order valence-corrected chi connectivity index (χ2v) is 5.20. The van der Waals surface area contributed by atoms with E-state index < -0.39 is 21.8 Å². The SMILES string of the molecule is O=C(c1ccccc1)c1ccc(CS(=O)O)cc1[N+](=O)[O-]. The molecular formula is C14H11NO5S. The van der Waals surface area contributed by atoms with Crippen LogP contribution in [-0.4, -0.2) is 19.5 Å². The first-order valence-corrected chi connectivity index (χ1v) is 7.21. The van der Waals surface area contributed by atoms with Crippen molar-refractivity contribution in [2.75, 3.05) is 0 Å². The molecule has 6 nitrogen and oxygen atoms in total. The van der Waals surface area contributed by atoms with E-state index >= 15 is 0 Å². The van der Waals surface area contributed by atoms with E-state index in [0.29, 0.717) is 11.1 Å². The molecule has 0 aliphatic carbocycles. The van der Waals surface area contributed by atoms with Gasteiger partial charge in [0.15, 0.2) is 16.9 Å². The minimum atomic E-state index is -2.10. The van der Waals surface area contributed by atoms with Gasteiger partial charge < -0.3 is 4.55 Å². The molecule has 0 bridgehead atoms. The number of ketones is 1. The lowest BCUT2D eigenvalue weighted by atomic mass is 10.0. The third-order valence-electron chi connectivity index (χ3n) is 2.83. The van der Waals surface area contributed by atoms with Gasteiger partial charge in [-0.25, -0.2) is 4.21 Å². The fraction of sp³-hybridized carbons (Fsp3) is 0.0714. The maximum absolute atomic E-state index is 12.3. The van der Waals surface area contributed by atoms with Crippen LogP contribution in [-0.2, 0) is 16.8 Å². The van der Waals surface area contributed by atoms with Crippen LogP contribution in [0.15, 0.2) is 48.5 Å². The van der Waals surface area contributed by atoms with Crippen LogP contribution in [0.4, 0.5) is 5.69 Å². The van der Waals surface area contributed by atoms with Gasteiger partial charge in [-0.05, 0) is 11.6 Å². The summed E-state index contributed by atoms with van der Waals surface area (Å²) in [6.07, 6.45) is 0. The van der Waals surface area contributed by atoms with Crippen molar-refractivity contribution in [3.05, 3.63) is 75.3 Å². The maximum Gasteiger partial charge on any atom is 0.280 e. The highest BCUT2D eigenvalue weighted by Crippen LogP contribution is 2.24. The van der Waals surface area contributed by atoms with Gasteiger partial charge in [-0.1, -0.05) is 36.4 Å². The minimum absolute atomic E-state index is 0.0429. The van der Waals surface area contributed by atoms with Crippen molar-refractivity contribution >= 4 is 22.6 Å². The second kappa shape index (κ2) is 6.38. The number of nitrogens with zero attached hydrogens (tertiary/aromatic N) is 1. The average Bonchev–Trinajstić information content (AvgIpc) is 2.46. The van der Waals surface area contributed by atoms with Crippen molar-refractivity contribution < 1.29 is 18.5 Å². The Morgan fingerprint density at radius 3 is 2.43 bits per heavy atom. The van der Waals surface area contributed by atoms with E-state index in [1.165, 1.54) is 12.1 Å². The fourth-order valence-corrected chi connectivity index (χ4v) is 2.36. The molecule has 0 amide bonds. The van der Waals surface area contributed by atoms with Gasteiger partial charge in [-0.2, -0.15) is 0 Å². The molecule has 0 heterocycles. The van der Waals surface area contributed by atoms with Gasteiger partial charge in [0, 0.05) is 11.6 Å². The molecule has 0 saturated carbocycles. The lowest BCUT2D eigenvalue weighted by Crippen LogP contribution is -2.06. The summed E-state index contributed by atoms with van der Waals surface area (Å²) in [5.41, 5.74) is 0.261. The summed E-state index contributed by atoms with van der Waals surface area (Å²) in [5.74, 6) is -0.681. The molecule has 1 unspecified atom stereocenters. The van der Waals surface area contributed by atoms with Gasteiger partial charge >= 0.3 is 0 Å². The summed E-state index contributed by atoms with van der Waals surface area (Å²) in [4.78, 5) is 22.7. The molecule has 108 valence electrons. The first-order valence-electron chi connectivity index (χ1n) is 5.93. The van der Waals surface area contributed by atoms with Crippen LogP contribution in [0.3, 0.4) is 0 Å². The summed E-state index contributed by atoms with van der Waals surface area (Å²) in [7, 11) is 0. The molecule has 7 heteroatoms. The van der Waals surface area contributed by atoms with Crippen molar-refractivity contribution in [1.82, 2.24) is 0 Å². The highest BCUT2D eigenvalue weighted by Gasteiger charge is 2.22. The first kappa shape index (κ1) is 15.0. The number of benzene rings is 2. The van der Waals surface area contributed by atoms with Gasteiger partial charge in [0.1, 0.15) is 5.56 Å². The van der Waals surface area contributed by atoms with Gasteiger partial charge in [-0.15, -0.1) is 0 Å². The quantitative estimate of drug-likeness (QED) is 0.396. The molecule has 2 rings (SSSR count).